The van der Waals surface area contributed by atoms with Gasteiger partial charge in [-0.25, -0.2) is 0 Å². The maximum absolute atomic E-state index is 5.80. The summed E-state index contributed by atoms with van der Waals surface area (Å²) in [6.07, 6.45) is 1.08. The zero-order chi connectivity index (χ0) is 5.86. The van der Waals surface area contributed by atoms with Crippen molar-refractivity contribution in [1.82, 2.24) is 0 Å². The Balaban J connectivity index is 3.14. The van der Waals surface area contributed by atoms with Crippen LogP contribution in [0.3, 0.4) is 0 Å². The van der Waals surface area contributed by atoms with Crippen molar-refractivity contribution < 1.29 is 0 Å². The van der Waals surface area contributed by atoms with Gasteiger partial charge in [-0.2, -0.15) is 0 Å². The summed E-state index contributed by atoms with van der Waals surface area (Å²) in [5, 5.41) is 0.375. The maximum atomic E-state index is 5.80. The SMILES string of the molecule is CC[C@@H](Cl)C(C)C. The lowest BCUT2D eigenvalue weighted by Crippen LogP contribution is -2.04. The second-order valence-corrected chi connectivity index (χ2v) is 2.73. The summed E-state index contributed by atoms with van der Waals surface area (Å²) < 4.78 is 0. The minimum absolute atomic E-state index is 0.375. The Morgan fingerprint density at radius 1 is 1.43 bits per heavy atom. The zero-order valence-corrected chi connectivity index (χ0v) is 6.00. The average Bonchev–Trinajstić information content (AvgIpc) is 1.65. The molecule has 7 heavy (non-hydrogen) atoms. The van der Waals surface area contributed by atoms with Gasteiger partial charge in [0.2, 0.25) is 0 Å². The van der Waals surface area contributed by atoms with Crippen molar-refractivity contribution in [3.63, 3.8) is 0 Å². The summed E-state index contributed by atoms with van der Waals surface area (Å²) in [5.74, 6) is 0.631. The van der Waals surface area contributed by atoms with Crippen LogP contribution in [0.25, 0.3) is 0 Å². The van der Waals surface area contributed by atoms with Crippen molar-refractivity contribution in [2.24, 2.45) is 5.92 Å². The molecule has 0 unspecified atom stereocenters. The normalized spacial score (nSPS) is 15.0. The molecule has 0 spiro atoms. The highest BCUT2D eigenvalue weighted by molar-refractivity contribution is 6.20. The first-order valence-electron chi connectivity index (χ1n) is 2.82. The monoisotopic (exact) mass is 120 g/mol. The third-order valence-corrected chi connectivity index (χ3v) is 1.93. The molecule has 0 fully saturated rings. The standard InChI is InChI=1S/C6H13Cl/c1-4-6(7)5(2)3/h5-6H,4H2,1-3H3/t6-/m1/s1. The average molecular weight is 121 g/mol. The van der Waals surface area contributed by atoms with Crippen LogP contribution in [0.2, 0.25) is 0 Å². The van der Waals surface area contributed by atoms with Crippen molar-refractivity contribution in [2.75, 3.05) is 0 Å². The predicted molar refractivity (Wildman–Crippen MR) is 34.8 cm³/mol. The van der Waals surface area contributed by atoms with Crippen molar-refractivity contribution in [2.45, 2.75) is 32.6 Å². The summed E-state index contributed by atoms with van der Waals surface area (Å²) in [4.78, 5) is 0. The van der Waals surface area contributed by atoms with Crippen LogP contribution in [-0.4, -0.2) is 5.38 Å². The Morgan fingerprint density at radius 3 is 1.86 bits per heavy atom. The van der Waals surface area contributed by atoms with E-state index in [1.54, 1.807) is 0 Å². The fraction of sp³-hybridized carbons (Fsp3) is 1.00. The summed E-state index contributed by atoms with van der Waals surface area (Å²) in [7, 11) is 0. The van der Waals surface area contributed by atoms with Crippen LogP contribution in [0.15, 0.2) is 0 Å². The van der Waals surface area contributed by atoms with Gasteiger partial charge in [0.25, 0.3) is 0 Å². The summed E-state index contributed by atoms with van der Waals surface area (Å²) in [5.41, 5.74) is 0. The second kappa shape index (κ2) is 3.31. The number of rotatable bonds is 2. The van der Waals surface area contributed by atoms with E-state index >= 15 is 0 Å². The molecule has 0 aromatic rings. The van der Waals surface area contributed by atoms with Crippen molar-refractivity contribution in [3.05, 3.63) is 0 Å². The third-order valence-electron chi connectivity index (χ3n) is 1.11. The van der Waals surface area contributed by atoms with Crippen LogP contribution in [-0.2, 0) is 0 Å². The smallest absolute Gasteiger partial charge is 0.0356 e. The molecule has 0 amide bonds. The van der Waals surface area contributed by atoms with E-state index in [4.69, 9.17) is 11.6 Å². The molecule has 0 aromatic heterocycles. The Labute approximate surface area is 50.9 Å². The van der Waals surface area contributed by atoms with Crippen LogP contribution in [0.1, 0.15) is 27.2 Å². The predicted octanol–water partition coefficient (Wildman–Crippen LogP) is 2.66. The molecule has 0 saturated carbocycles. The summed E-state index contributed by atoms with van der Waals surface area (Å²) in [6.45, 7) is 6.39. The molecule has 0 saturated heterocycles. The van der Waals surface area contributed by atoms with Gasteiger partial charge in [-0.3, -0.25) is 0 Å². The molecule has 0 bridgehead atoms. The lowest BCUT2D eigenvalue weighted by Gasteiger charge is -2.07. The zero-order valence-electron chi connectivity index (χ0n) is 5.24. The highest BCUT2D eigenvalue weighted by atomic mass is 35.5. The van der Waals surface area contributed by atoms with Crippen molar-refractivity contribution >= 4 is 11.6 Å². The highest BCUT2D eigenvalue weighted by Gasteiger charge is 2.03. The Morgan fingerprint density at radius 2 is 1.86 bits per heavy atom. The number of hydrogen-bond donors (Lipinski definition) is 0. The van der Waals surface area contributed by atoms with E-state index in [-0.39, 0.29) is 0 Å². The van der Waals surface area contributed by atoms with Crippen LogP contribution in [0.5, 0.6) is 0 Å². The van der Waals surface area contributed by atoms with E-state index in [1.165, 1.54) is 0 Å². The molecule has 1 atom stereocenters. The van der Waals surface area contributed by atoms with E-state index in [1.807, 2.05) is 0 Å². The molecule has 0 radical (unpaired) electrons. The fourth-order valence-corrected chi connectivity index (χ4v) is 0.471. The Kier molecular flexibility index (Phi) is 3.45. The Hall–Kier alpha value is 0.290. The van der Waals surface area contributed by atoms with Gasteiger partial charge in [0.1, 0.15) is 0 Å². The van der Waals surface area contributed by atoms with Gasteiger partial charge < -0.3 is 0 Å². The van der Waals surface area contributed by atoms with Crippen LogP contribution >= 0.6 is 11.6 Å². The summed E-state index contributed by atoms with van der Waals surface area (Å²) in [6, 6.07) is 0. The van der Waals surface area contributed by atoms with Gasteiger partial charge in [-0.15, -0.1) is 11.6 Å². The molecule has 0 rings (SSSR count). The number of alkyl halides is 1. The van der Waals surface area contributed by atoms with Gasteiger partial charge in [0.05, 0.1) is 0 Å². The first-order chi connectivity index (χ1) is 3.18. The van der Waals surface area contributed by atoms with E-state index < -0.39 is 0 Å². The largest absolute Gasteiger partial charge is 0.123 e. The minimum Gasteiger partial charge on any atom is -0.123 e. The highest BCUT2D eigenvalue weighted by Crippen LogP contribution is 2.11. The maximum Gasteiger partial charge on any atom is 0.0356 e. The molecular weight excluding hydrogens is 108 g/mol. The third kappa shape index (κ3) is 2.93. The lowest BCUT2D eigenvalue weighted by atomic mass is 10.1. The molecule has 0 aliphatic heterocycles. The lowest BCUT2D eigenvalue weighted by molar-refractivity contribution is 0.586. The molecule has 0 heterocycles. The van der Waals surface area contributed by atoms with Gasteiger partial charge in [-0.1, -0.05) is 20.8 Å². The minimum atomic E-state index is 0.375. The first kappa shape index (κ1) is 7.29. The topological polar surface area (TPSA) is 0 Å². The van der Waals surface area contributed by atoms with Crippen LogP contribution < -0.4 is 0 Å². The molecule has 1 heteroatoms. The number of hydrogen-bond acceptors (Lipinski definition) is 0. The molecule has 0 N–H and O–H groups in total. The van der Waals surface area contributed by atoms with Crippen molar-refractivity contribution in [1.29, 1.82) is 0 Å². The van der Waals surface area contributed by atoms with Crippen molar-refractivity contribution in [3.8, 4) is 0 Å². The van der Waals surface area contributed by atoms with Gasteiger partial charge in [0.15, 0.2) is 0 Å². The van der Waals surface area contributed by atoms with E-state index in [9.17, 15) is 0 Å². The van der Waals surface area contributed by atoms with Crippen LogP contribution in [0, 0.1) is 5.92 Å². The van der Waals surface area contributed by atoms with E-state index in [0.717, 1.165) is 6.42 Å². The molecule has 0 nitrogen and oxygen atoms in total. The number of halogens is 1. The van der Waals surface area contributed by atoms with Gasteiger partial charge in [-0.05, 0) is 12.3 Å². The first-order valence-corrected chi connectivity index (χ1v) is 3.26. The van der Waals surface area contributed by atoms with E-state index in [2.05, 4.69) is 20.8 Å². The molecule has 0 aliphatic carbocycles. The molecular formula is C6H13Cl. The van der Waals surface area contributed by atoms with Crippen LogP contribution in [0.4, 0.5) is 0 Å². The molecule has 0 aromatic carbocycles. The quantitative estimate of drug-likeness (QED) is 0.492. The fourth-order valence-electron chi connectivity index (χ4n) is 0.471. The van der Waals surface area contributed by atoms with E-state index in [0.29, 0.717) is 11.3 Å². The summed E-state index contributed by atoms with van der Waals surface area (Å²) >= 11 is 5.80. The molecule has 0 aliphatic rings. The van der Waals surface area contributed by atoms with Gasteiger partial charge >= 0.3 is 0 Å². The molecule has 44 valence electrons. The second-order valence-electron chi connectivity index (χ2n) is 2.17. The van der Waals surface area contributed by atoms with Gasteiger partial charge in [0, 0.05) is 5.38 Å². The Bertz CT molecular complexity index is 41.4.